The number of hydrogen-bond acceptors (Lipinski definition) is 2. The molecule has 0 saturated carbocycles. The number of nitrogens with one attached hydrogen (secondary N) is 1. The lowest BCUT2D eigenvalue weighted by Crippen LogP contribution is -2.16. The lowest BCUT2D eigenvalue weighted by Gasteiger charge is -2.04. The van der Waals surface area contributed by atoms with E-state index < -0.39 is 0 Å². The molecule has 1 N–H and O–H groups in total. The lowest BCUT2D eigenvalue weighted by atomic mass is 10.0. The highest BCUT2D eigenvalue weighted by Crippen LogP contribution is 2.07. The normalized spacial score (nSPS) is 10.4. The molecule has 0 saturated heterocycles. The molecule has 1 unspecified atom stereocenters. The number of unbranched alkanes of at least 4 members (excludes halogenated alkanes) is 3. The summed E-state index contributed by atoms with van der Waals surface area (Å²) in [5.74, 6) is 0.523. The molecule has 0 aromatic heterocycles. The molecule has 0 fully saturated rings. The highest BCUT2D eigenvalue weighted by molar-refractivity contribution is 7.39. The van der Waals surface area contributed by atoms with Crippen molar-refractivity contribution >= 4 is 20.7 Å². The molecule has 15 heavy (non-hydrogen) atoms. The van der Waals surface area contributed by atoms with Crippen LogP contribution in [0.15, 0.2) is 0 Å². The minimum atomic E-state index is -0.0509. The van der Waals surface area contributed by atoms with Gasteiger partial charge in [0.05, 0.1) is 0 Å². The molecular weight excluding hydrogens is 209 g/mol. The van der Waals surface area contributed by atoms with Gasteiger partial charge in [-0.1, -0.05) is 26.7 Å². The van der Waals surface area contributed by atoms with Gasteiger partial charge in [0.1, 0.15) is 5.78 Å². The van der Waals surface area contributed by atoms with Crippen molar-refractivity contribution in [1.82, 2.24) is 5.32 Å². The molecule has 0 aromatic rings. The largest absolute Gasteiger partial charge is 0.353 e. The van der Waals surface area contributed by atoms with E-state index in [-0.39, 0.29) is 11.6 Å². The average molecular weight is 231 g/mol. The maximum absolute atomic E-state index is 11.3. The minimum Gasteiger partial charge on any atom is -0.353 e. The summed E-state index contributed by atoms with van der Waals surface area (Å²) in [6.07, 6.45) is 4.83. The van der Waals surface area contributed by atoms with Crippen LogP contribution < -0.4 is 5.32 Å². The first-order chi connectivity index (χ1) is 7.04. The molecule has 1 atom stereocenters. The van der Waals surface area contributed by atoms with Crippen LogP contribution in [0.3, 0.4) is 0 Å². The van der Waals surface area contributed by atoms with Crippen LogP contribution in [0, 0.1) is 5.92 Å². The first-order valence-electron chi connectivity index (χ1n) is 5.60. The van der Waals surface area contributed by atoms with Gasteiger partial charge < -0.3 is 5.32 Å². The SMILES string of the molecule is CC(C)C(=O)CCCCCCNC(=O)P. The summed E-state index contributed by atoms with van der Waals surface area (Å²) in [6, 6.07) is 0. The smallest absolute Gasteiger partial charge is 0.234 e. The Hall–Kier alpha value is -0.430. The predicted octanol–water partition coefficient (Wildman–Crippen LogP) is 2.75. The Labute approximate surface area is 94.6 Å². The zero-order chi connectivity index (χ0) is 11.7. The first kappa shape index (κ1) is 14.6. The number of amides is 1. The summed E-state index contributed by atoms with van der Waals surface area (Å²) in [6.45, 7) is 4.62. The zero-order valence-corrected chi connectivity index (χ0v) is 10.9. The fourth-order valence-corrected chi connectivity index (χ4v) is 1.42. The minimum absolute atomic E-state index is 0.0509. The van der Waals surface area contributed by atoms with E-state index in [0.717, 1.165) is 32.2 Å². The number of Topliss-reactive ketones (excluding diaryl/α,β-unsaturated/α-hetero) is 1. The van der Waals surface area contributed by atoms with Gasteiger partial charge in [0.2, 0.25) is 5.65 Å². The summed E-state index contributed by atoms with van der Waals surface area (Å²) >= 11 is 0. The second-order valence-electron chi connectivity index (χ2n) is 4.08. The van der Waals surface area contributed by atoms with Gasteiger partial charge in [-0.25, -0.2) is 0 Å². The molecule has 0 aliphatic rings. The Morgan fingerprint density at radius 2 is 1.73 bits per heavy atom. The van der Waals surface area contributed by atoms with E-state index in [9.17, 15) is 9.59 Å². The molecule has 0 heterocycles. The van der Waals surface area contributed by atoms with Gasteiger partial charge in [0.25, 0.3) is 0 Å². The Morgan fingerprint density at radius 1 is 1.13 bits per heavy atom. The molecule has 88 valence electrons. The van der Waals surface area contributed by atoms with E-state index in [2.05, 4.69) is 14.6 Å². The summed E-state index contributed by atoms with van der Waals surface area (Å²) in [5, 5.41) is 2.72. The third kappa shape index (κ3) is 9.86. The van der Waals surface area contributed by atoms with E-state index in [0.29, 0.717) is 12.2 Å². The molecule has 0 bridgehead atoms. The van der Waals surface area contributed by atoms with Crippen molar-refractivity contribution in [2.24, 2.45) is 5.92 Å². The second-order valence-corrected chi connectivity index (χ2v) is 4.60. The van der Waals surface area contributed by atoms with E-state index in [4.69, 9.17) is 0 Å². The standard InChI is InChI=1S/C11H22NO2P/c1-9(2)10(13)7-5-3-4-6-8-12-11(14)15/h9H,3-8,15H2,1-2H3,(H,12,14). The van der Waals surface area contributed by atoms with Crippen LogP contribution in [0.4, 0.5) is 4.79 Å². The first-order valence-corrected chi connectivity index (χ1v) is 6.17. The van der Waals surface area contributed by atoms with Crippen molar-refractivity contribution in [2.75, 3.05) is 6.54 Å². The molecular formula is C11H22NO2P. The number of ketones is 1. The van der Waals surface area contributed by atoms with Crippen LogP contribution in [-0.2, 0) is 4.79 Å². The number of carbonyl (C=O) groups excluding carboxylic acids is 2. The second kappa shape index (κ2) is 8.84. The monoisotopic (exact) mass is 231 g/mol. The maximum atomic E-state index is 11.3. The fourth-order valence-electron chi connectivity index (χ4n) is 1.28. The molecule has 0 rings (SSSR count). The van der Waals surface area contributed by atoms with Crippen LogP contribution in [0.2, 0.25) is 0 Å². The summed E-state index contributed by atoms with van der Waals surface area (Å²) in [7, 11) is 2.09. The third-order valence-electron chi connectivity index (χ3n) is 2.29. The summed E-state index contributed by atoms with van der Waals surface area (Å²) in [5.41, 5.74) is -0.0509. The topological polar surface area (TPSA) is 46.2 Å². The zero-order valence-electron chi connectivity index (χ0n) is 9.71. The van der Waals surface area contributed by atoms with Crippen molar-refractivity contribution in [3.8, 4) is 0 Å². The van der Waals surface area contributed by atoms with Gasteiger partial charge in [-0.05, 0) is 22.1 Å². The van der Waals surface area contributed by atoms with Gasteiger partial charge in [0, 0.05) is 18.9 Å². The van der Waals surface area contributed by atoms with Crippen molar-refractivity contribution in [1.29, 1.82) is 0 Å². The van der Waals surface area contributed by atoms with Crippen LogP contribution in [-0.4, -0.2) is 18.0 Å². The molecule has 0 radical (unpaired) electrons. The van der Waals surface area contributed by atoms with Gasteiger partial charge in [-0.3, -0.25) is 9.59 Å². The van der Waals surface area contributed by atoms with Crippen molar-refractivity contribution < 1.29 is 9.59 Å². The van der Waals surface area contributed by atoms with Gasteiger partial charge >= 0.3 is 0 Å². The molecule has 4 heteroatoms. The maximum Gasteiger partial charge on any atom is 0.234 e. The molecule has 1 amide bonds. The highest BCUT2D eigenvalue weighted by Gasteiger charge is 2.05. The summed E-state index contributed by atoms with van der Waals surface area (Å²) in [4.78, 5) is 21.8. The molecule has 0 aliphatic carbocycles. The quantitative estimate of drug-likeness (QED) is 0.515. The van der Waals surface area contributed by atoms with Gasteiger partial charge in [-0.15, -0.1) is 0 Å². The number of hydrogen-bond donors (Lipinski definition) is 1. The Balaban J connectivity index is 3.18. The van der Waals surface area contributed by atoms with Crippen molar-refractivity contribution in [3.05, 3.63) is 0 Å². The van der Waals surface area contributed by atoms with Crippen LogP contribution >= 0.6 is 9.24 Å². The fraction of sp³-hybridized carbons (Fsp3) is 0.818. The highest BCUT2D eigenvalue weighted by atomic mass is 31.0. The molecule has 0 aliphatic heterocycles. The van der Waals surface area contributed by atoms with E-state index in [1.807, 2.05) is 13.8 Å². The van der Waals surface area contributed by atoms with E-state index in [1.54, 1.807) is 0 Å². The van der Waals surface area contributed by atoms with Crippen LogP contribution in [0.25, 0.3) is 0 Å². The summed E-state index contributed by atoms with van der Waals surface area (Å²) < 4.78 is 0. The van der Waals surface area contributed by atoms with Gasteiger partial charge in [-0.2, -0.15) is 0 Å². The molecule has 0 aromatic carbocycles. The lowest BCUT2D eigenvalue weighted by molar-refractivity contribution is -0.122. The van der Waals surface area contributed by atoms with Crippen molar-refractivity contribution in [2.45, 2.75) is 46.0 Å². The average Bonchev–Trinajstić information content (AvgIpc) is 2.15. The van der Waals surface area contributed by atoms with Crippen LogP contribution in [0.1, 0.15) is 46.0 Å². The Bertz CT molecular complexity index is 205. The molecule has 0 spiro atoms. The Kier molecular flexibility index (Phi) is 8.59. The van der Waals surface area contributed by atoms with E-state index in [1.165, 1.54) is 0 Å². The van der Waals surface area contributed by atoms with Crippen molar-refractivity contribution in [3.63, 3.8) is 0 Å². The molecule has 3 nitrogen and oxygen atoms in total. The van der Waals surface area contributed by atoms with Gasteiger partial charge in [0.15, 0.2) is 0 Å². The predicted molar refractivity (Wildman–Crippen MR) is 66.0 cm³/mol. The van der Waals surface area contributed by atoms with Crippen LogP contribution in [0.5, 0.6) is 0 Å². The number of rotatable bonds is 8. The third-order valence-corrected chi connectivity index (χ3v) is 2.50. The van der Waals surface area contributed by atoms with E-state index >= 15 is 0 Å². The number of carbonyl (C=O) groups is 2. The Morgan fingerprint density at radius 3 is 2.27 bits per heavy atom.